The predicted octanol–water partition coefficient (Wildman–Crippen LogP) is 5.06. The number of aryl methyl sites for hydroxylation is 1. The molecule has 0 radical (unpaired) electrons. The molecule has 2 heterocycles. The summed E-state index contributed by atoms with van der Waals surface area (Å²) in [5.41, 5.74) is 2.58. The van der Waals surface area contributed by atoms with E-state index in [2.05, 4.69) is 18.8 Å². The van der Waals surface area contributed by atoms with Crippen molar-refractivity contribution in [3.8, 4) is 17.2 Å². The molecule has 0 saturated carbocycles. The Labute approximate surface area is 222 Å². The monoisotopic (exact) mass is 516 g/mol. The van der Waals surface area contributed by atoms with Crippen LogP contribution in [0.4, 0.5) is 0 Å². The lowest BCUT2D eigenvalue weighted by Gasteiger charge is -2.26. The number of amides is 1. The molecule has 38 heavy (non-hydrogen) atoms. The summed E-state index contributed by atoms with van der Waals surface area (Å²) in [6.07, 6.45) is 3.28. The highest BCUT2D eigenvalue weighted by molar-refractivity contribution is 6.46. The molecule has 1 N–H and O–H groups in total. The first-order chi connectivity index (χ1) is 18.2. The molecular formula is C30H32N2O6. The lowest BCUT2D eigenvalue weighted by molar-refractivity contribution is -0.140. The number of nitrogens with zero attached hydrogens (tertiary/aromatic N) is 2. The minimum absolute atomic E-state index is 0.00126. The molecule has 0 spiro atoms. The van der Waals surface area contributed by atoms with Crippen LogP contribution < -0.4 is 14.2 Å². The molecule has 1 fully saturated rings. The minimum atomic E-state index is -0.854. The number of ether oxygens (including phenoxy) is 3. The van der Waals surface area contributed by atoms with E-state index in [0.29, 0.717) is 40.9 Å². The molecule has 1 atom stereocenters. The number of benzene rings is 2. The van der Waals surface area contributed by atoms with E-state index in [1.165, 1.54) is 19.1 Å². The number of Topliss-reactive ketones (excluding diaryl/α,β-unsaturated/α-hetero) is 1. The fourth-order valence-corrected chi connectivity index (χ4v) is 4.47. The van der Waals surface area contributed by atoms with Gasteiger partial charge >= 0.3 is 0 Å². The van der Waals surface area contributed by atoms with Gasteiger partial charge in [-0.25, -0.2) is 0 Å². The third-order valence-electron chi connectivity index (χ3n) is 6.36. The fourth-order valence-electron chi connectivity index (χ4n) is 4.47. The Bertz CT molecular complexity index is 1370. The van der Waals surface area contributed by atoms with Gasteiger partial charge < -0.3 is 24.2 Å². The molecule has 2 aromatic carbocycles. The second kappa shape index (κ2) is 11.4. The number of aromatic nitrogens is 1. The Morgan fingerprint density at radius 3 is 2.39 bits per heavy atom. The highest BCUT2D eigenvalue weighted by Gasteiger charge is 2.46. The van der Waals surface area contributed by atoms with E-state index < -0.39 is 17.7 Å². The quantitative estimate of drug-likeness (QED) is 0.241. The van der Waals surface area contributed by atoms with Gasteiger partial charge in [0, 0.05) is 24.5 Å². The van der Waals surface area contributed by atoms with Crippen LogP contribution >= 0.6 is 0 Å². The number of carbonyl (C=O) groups is 2. The lowest BCUT2D eigenvalue weighted by Crippen LogP contribution is -2.29. The number of hydrogen-bond acceptors (Lipinski definition) is 7. The van der Waals surface area contributed by atoms with Crippen molar-refractivity contribution >= 4 is 17.4 Å². The third kappa shape index (κ3) is 5.34. The van der Waals surface area contributed by atoms with Gasteiger partial charge in [0.25, 0.3) is 11.7 Å². The molecule has 1 aliphatic rings. The highest BCUT2D eigenvalue weighted by atomic mass is 16.5. The normalized spacial score (nSPS) is 16.7. The van der Waals surface area contributed by atoms with Crippen molar-refractivity contribution in [1.82, 2.24) is 9.88 Å². The first-order valence-electron chi connectivity index (χ1n) is 12.4. The summed E-state index contributed by atoms with van der Waals surface area (Å²) in [6.45, 7) is 6.70. The zero-order valence-electron chi connectivity index (χ0n) is 22.2. The zero-order valence-corrected chi connectivity index (χ0v) is 22.2. The Balaban J connectivity index is 1.83. The summed E-state index contributed by atoms with van der Waals surface area (Å²) >= 11 is 0. The van der Waals surface area contributed by atoms with Crippen molar-refractivity contribution in [2.24, 2.45) is 5.92 Å². The van der Waals surface area contributed by atoms with E-state index in [9.17, 15) is 14.7 Å². The van der Waals surface area contributed by atoms with Crippen molar-refractivity contribution in [3.63, 3.8) is 0 Å². The molecule has 198 valence electrons. The summed E-state index contributed by atoms with van der Waals surface area (Å²) in [4.78, 5) is 32.3. The number of rotatable bonds is 9. The van der Waals surface area contributed by atoms with E-state index in [4.69, 9.17) is 14.2 Å². The van der Waals surface area contributed by atoms with E-state index in [0.717, 1.165) is 11.1 Å². The van der Waals surface area contributed by atoms with Crippen LogP contribution in [0.1, 0.15) is 42.1 Å². The molecule has 1 aliphatic heterocycles. The van der Waals surface area contributed by atoms with Crippen LogP contribution in [0.3, 0.4) is 0 Å². The van der Waals surface area contributed by atoms with E-state index in [1.54, 1.807) is 54.9 Å². The van der Waals surface area contributed by atoms with Gasteiger partial charge in [-0.3, -0.25) is 14.6 Å². The van der Waals surface area contributed by atoms with Crippen molar-refractivity contribution < 1.29 is 28.9 Å². The average Bonchev–Trinajstić information content (AvgIpc) is 3.16. The number of aliphatic hydroxyl groups excluding tert-OH is 1. The van der Waals surface area contributed by atoms with E-state index >= 15 is 0 Å². The van der Waals surface area contributed by atoms with Crippen LogP contribution in [0.5, 0.6) is 17.2 Å². The SMILES string of the molecule is COc1ccc(C2/C(=C(\O)c3ccc(OCC(C)C)c(C)c3)C(=O)C(=O)N2Cc2cccnc2)cc1OC. The second-order valence-electron chi connectivity index (χ2n) is 9.59. The molecule has 1 unspecified atom stereocenters. The maximum atomic E-state index is 13.4. The van der Waals surface area contributed by atoms with E-state index in [-0.39, 0.29) is 17.9 Å². The van der Waals surface area contributed by atoms with Crippen molar-refractivity contribution in [2.75, 3.05) is 20.8 Å². The molecule has 1 aromatic heterocycles. The van der Waals surface area contributed by atoms with Gasteiger partial charge in [-0.15, -0.1) is 0 Å². The summed E-state index contributed by atoms with van der Waals surface area (Å²) in [5.74, 6) is 0.291. The van der Waals surface area contributed by atoms with Gasteiger partial charge in [0.2, 0.25) is 0 Å². The number of likely N-dealkylation sites (tertiary alicyclic amines) is 1. The summed E-state index contributed by atoms with van der Waals surface area (Å²) in [5, 5.41) is 11.5. The highest BCUT2D eigenvalue weighted by Crippen LogP contribution is 2.43. The van der Waals surface area contributed by atoms with E-state index in [1.807, 2.05) is 13.0 Å². The summed E-state index contributed by atoms with van der Waals surface area (Å²) in [6, 6.07) is 13.1. The Morgan fingerprint density at radius 1 is 1.03 bits per heavy atom. The van der Waals surface area contributed by atoms with Gasteiger partial charge in [-0.2, -0.15) is 0 Å². The molecule has 1 saturated heterocycles. The largest absolute Gasteiger partial charge is 0.507 e. The molecule has 1 amide bonds. The summed E-state index contributed by atoms with van der Waals surface area (Å²) < 4.78 is 16.7. The van der Waals surface area contributed by atoms with Crippen molar-refractivity contribution in [2.45, 2.75) is 33.4 Å². The Hall–Kier alpha value is -4.33. The summed E-state index contributed by atoms with van der Waals surface area (Å²) in [7, 11) is 3.04. The third-order valence-corrected chi connectivity index (χ3v) is 6.36. The molecule has 8 nitrogen and oxygen atoms in total. The predicted molar refractivity (Wildman–Crippen MR) is 143 cm³/mol. The van der Waals surface area contributed by atoms with Gasteiger partial charge in [-0.1, -0.05) is 26.0 Å². The number of carbonyl (C=O) groups excluding carboxylic acids is 2. The molecule has 4 rings (SSSR count). The number of aliphatic hydroxyl groups is 1. The Morgan fingerprint density at radius 2 is 1.76 bits per heavy atom. The number of methoxy groups -OCH3 is 2. The number of pyridine rings is 1. The molecular weight excluding hydrogens is 484 g/mol. The minimum Gasteiger partial charge on any atom is -0.507 e. The van der Waals surface area contributed by atoms with Gasteiger partial charge in [0.05, 0.1) is 32.4 Å². The van der Waals surface area contributed by atoms with Crippen LogP contribution in [0.15, 0.2) is 66.5 Å². The molecule has 3 aromatic rings. The van der Waals surface area contributed by atoms with Crippen molar-refractivity contribution in [3.05, 3.63) is 88.8 Å². The second-order valence-corrected chi connectivity index (χ2v) is 9.59. The van der Waals surface area contributed by atoms with Gasteiger partial charge in [0.15, 0.2) is 11.5 Å². The average molecular weight is 517 g/mol. The maximum Gasteiger partial charge on any atom is 0.295 e. The lowest BCUT2D eigenvalue weighted by atomic mass is 9.94. The first kappa shape index (κ1) is 26.7. The standard InChI is InChI=1S/C30H32N2O6/c1-18(2)17-38-23-10-9-22(13-19(23)3)28(33)26-27(21-8-11-24(36-4)25(14-21)37-5)32(30(35)29(26)34)16-20-7-6-12-31-15-20/h6-15,18,27,33H,16-17H2,1-5H3/b28-26+. The fraction of sp³-hybridized carbons (Fsp3) is 0.300. The number of ketones is 1. The first-order valence-corrected chi connectivity index (χ1v) is 12.4. The van der Waals surface area contributed by atoms with Crippen LogP contribution in [-0.2, 0) is 16.1 Å². The maximum absolute atomic E-state index is 13.4. The topological polar surface area (TPSA) is 98.2 Å². The van der Waals surface area contributed by atoms with Crippen LogP contribution in [0.2, 0.25) is 0 Å². The van der Waals surface area contributed by atoms with Crippen molar-refractivity contribution in [1.29, 1.82) is 0 Å². The van der Waals surface area contributed by atoms with Crippen LogP contribution in [0.25, 0.3) is 5.76 Å². The van der Waals surface area contributed by atoms with Crippen LogP contribution in [0, 0.1) is 12.8 Å². The van der Waals surface area contributed by atoms with Crippen LogP contribution in [-0.4, -0.2) is 47.5 Å². The van der Waals surface area contributed by atoms with Gasteiger partial charge in [-0.05, 0) is 65.9 Å². The molecule has 0 aliphatic carbocycles. The zero-order chi connectivity index (χ0) is 27.4. The number of hydrogen-bond donors (Lipinski definition) is 1. The molecule has 8 heteroatoms. The van der Waals surface area contributed by atoms with Gasteiger partial charge in [0.1, 0.15) is 11.5 Å². The smallest absolute Gasteiger partial charge is 0.295 e. The molecule has 0 bridgehead atoms. The Kier molecular flexibility index (Phi) is 8.00.